The van der Waals surface area contributed by atoms with Gasteiger partial charge in [-0.15, -0.1) is 35.7 Å². The Kier molecular flexibility index (Phi) is 11.1. The van der Waals surface area contributed by atoms with Crippen molar-refractivity contribution < 1.29 is 0 Å². The van der Waals surface area contributed by atoms with Crippen LogP contribution in [0.2, 0.25) is 5.02 Å². The van der Waals surface area contributed by atoms with Crippen molar-refractivity contribution >= 4 is 53.3 Å². The molecule has 26 heavy (non-hydrogen) atoms. The summed E-state index contributed by atoms with van der Waals surface area (Å²) in [5.41, 5.74) is 0. The van der Waals surface area contributed by atoms with E-state index in [1.807, 2.05) is 36.7 Å². The van der Waals surface area contributed by atoms with Gasteiger partial charge in [0.25, 0.3) is 0 Å². The van der Waals surface area contributed by atoms with E-state index in [0.717, 1.165) is 35.6 Å². The lowest BCUT2D eigenvalue weighted by atomic mass is 10.2. The minimum atomic E-state index is 0. The zero-order chi connectivity index (χ0) is 18.1. The molecular weight excluding hydrogens is 481 g/mol. The van der Waals surface area contributed by atoms with E-state index < -0.39 is 0 Å². The summed E-state index contributed by atoms with van der Waals surface area (Å²) in [6.07, 6.45) is 3.87. The van der Waals surface area contributed by atoms with Gasteiger partial charge in [-0.3, -0.25) is 4.99 Å². The minimum absolute atomic E-state index is 0. The van der Waals surface area contributed by atoms with Crippen molar-refractivity contribution in [1.82, 2.24) is 20.2 Å². The van der Waals surface area contributed by atoms with E-state index in [0.29, 0.717) is 12.5 Å². The number of thioether (sulfide) groups is 1. The number of aromatic nitrogens is 2. The highest BCUT2D eigenvalue weighted by molar-refractivity contribution is 14.0. The van der Waals surface area contributed by atoms with E-state index in [2.05, 4.69) is 39.0 Å². The van der Waals surface area contributed by atoms with Gasteiger partial charge in [0.2, 0.25) is 0 Å². The minimum Gasteiger partial charge on any atom is -0.356 e. The van der Waals surface area contributed by atoms with E-state index >= 15 is 0 Å². The van der Waals surface area contributed by atoms with Gasteiger partial charge in [-0.2, -0.15) is 0 Å². The number of nitrogens with zero attached hydrogens (tertiary/aromatic N) is 3. The number of guanidine groups is 1. The molecule has 1 aromatic heterocycles. The Hall–Kier alpha value is -0.930. The van der Waals surface area contributed by atoms with Crippen LogP contribution in [0.3, 0.4) is 0 Å². The summed E-state index contributed by atoms with van der Waals surface area (Å²) in [6, 6.07) is 7.90. The van der Waals surface area contributed by atoms with E-state index in [9.17, 15) is 0 Å². The average molecular weight is 508 g/mol. The monoisotopic (exact) mass is 507 g/mol. The Balaban J connectivity index is 0.00000338. The van der Waals surface area contributed by atoms with Crippen LogP contribution in [0.15, 0.2) is 46.5 Å². The molecular formula is C18H27ClIN5S. The predicted octanol–water partition coefficient (Wildman–Crippen LogP) is 4.27. The molecule has 0 aliphatic carbocycles. The first kappa shape index (κ1) is 23.1. The average Bonchev–Trinajstić information content (AvgIpc) is 3.02. The van der Waals surface area contributed by atoms with Gasteiger partial charge in [-0.05, 0) is 30.2 Å². The number of benzene rings is 1. The molecule has 0 aliphatic heterocycles. The molecule has 0 bridgehead atoms. The van der Waals surface area contributed by atoms with Crippen molar-refractivity contribution in [2.75, 3.05) is 19.3 Å². The number of rotatable bonds is 8. The van der Waals surface area contributed by atoms with Gasteiger partial charge in [0.15, 0.2) is 5.96 Å². The third-order valence-corrected chi connectivity index (χ3v) is 4.74. The molecule has 2 rings (SSSR count). The van der Waals surface area contributed by atoms with E-state index in [-0.39, 0.29) is 24.0 Å². The molecule has 5 nitrogen and oxygen atoms in total. The first-order chi connectivity index (χ1) is 12.1. The van der Waals surface area contributed by atoms with Crippen molar-refractivity contribution in [3.8, 4) is 0 Å². The van der Waals surface area contributed by atoms with Crippen LogP contribution in [-0.4, -0.2) is 34.9 Å². The van der Waals surface area contributed by atoms with Crippen LogP contribution in [0.1, 0.15) is 19.7 Å². The molecule has 0 spiro atoms. The van der Waals surface area contributed by atoms with Crippen molar-refractivity contribution in [2.24, 2.45) is 10.9 Å². The van der Waals surface area contributed by atoms with Crippen LogP contribution in [0, 0.1) is 5.92 Å². The fourth-order valence-corrected chi connectivity index (χ4v) is 3.21. The first-order valence-corrected chi connectivity index (χ1v) is 9.77. The molecule has 2 aromatic rings. The number of imidazole rings is 1. The van der Waals surface area contributed by atoms with Crippen LogP contribution in [0.4, 0.5) is 0 Å². The third-order valence-electron chi connectivity index (χ3n) is 3.48. The lowest BCUT2D eigenvalue weighted by Gasteiger charge is -2.14. The fraction of sp³-hybridized carbons (Fsp3) is 0.444. The summed E-state index contributed by atoms with van der Waals surface area (Å²) in [5, 5.41) is 7.42. The Bertz CT molecular complexity index is 672. The zero-order valence-electron chi connectivity index (χ0n) is 15.4. The zero-order valence-corrected chi connectivity index (χ0v) is 19.3. The van der Waals surface area contributed by atoms with Gasteiger partial charge >= 0.3 is 0 Å². The predicted molar refractivity (Wildman–Crippen MR) is 123 cm³/mol. The number of aliphatic imine (C=N–C) groups is 1. The number of hydrogen-bond acceptors (Lipinski definition) is 3. The number of nitrogens with one attached hydrogen (secondary N) is 2. The molecule has 2 N–H and O–H groups in total. The first-order valence-electron chi connectivity index (χ1n) is 8.41. The van der Waals surface area contributed by atoms with Crippen LogP contribution >= 0.6 is 47.3 Å². The smallest absolute Gasteiger partial charge is 0.191 e. The summed E-state index contributed by atoms with van der Waals surface area (Å²) in [6.45, 7) is 6.87. The van der Waals surface area contributed by atoms with Crippen molar-refractivity contribution in [2.45, 2.75) is 31.8 Å². The number of hydrogen-bond donors (Lipinski definition) is 2. The summed E-state index contributed by atoms with van der Waals surface area (Å²) in [4.78, 5) is 9.90. The van der Waals surface area contributed by atoms with Crippen molar-refractivity contribution in [3.63, 3.8) is 0 Å². The Morgan fingerprint density at radius 1 is 1.27 bits per heavy atom. The van der Waals surface area contributed by atoms with Crippen molar-refractivity contribution in [3.05, 3.63) is 47.5 Å². The van der Waals surface area contributed by atoms with E-state index in [1.54, 1.807) is 18.8 Å². The second kappa shape index (κ2) is 12.5. The molecule has 0 radical (unpaired) electrons. The molecule has 0 amide bonds. The summed E-state index contributed by atoms with van der Waals surface area (Å²) < 4.78 is 2.18. The highest BCUT2D eigenvalue weighted by Gasteiger charge is 2.06. The quantitative estimate of drug-likeness (QED) is 0.184. The SMILES string of the molecule is CN=C(NCCSc1ccc(Cl)cc1)NCc1nccn1CC(C)C.I. The molecule has 0 unspecified atom stereocenters. The second-order valence-corrected chi connectivity index (χ2v) is 7.65. The highest BCUT2D eigenvalue weighted by Crippen LogP contribution is 2.19. The molecule has 0 saturated carbocycles. The van der Waals surface area contributed by atoms with Gasteiger partial charge in [0, 0.05) is 48.2 Å². The van der Waals surface area contributed by atoms with Crippen molar-refractivity contribution in [1.29, 1.82) is 0 Å². The fourth-order valence-electron chi connectivity index (χ4n) is 2.32. The van der Waals surface area contributed by atoms with Crippen LogP contribution in [0.5, 0.6) is 0 Å². The molecule has 0 fully saturated rings. The lowest BCUT2D eigenvalue weighted by Crippen LogP contribution is -2.38. The van der Waals surface area contributed by atoms with Crippen LogP contribution < -0.4 is 10.6 Å². The molecule has 1 heterocycles. The van der Waals surface area contributed by atoms with Crippen LogP contribution in [-0.2, 0) is 13.1 Å². The third kappa shape index (κ3) is 8.18. The van der Waals surface area contributed by atoms with Gasteiger partial charge in [-0.25, -0.2) is 4.98 Å². The Morgan fingerprint density at radius 3 is 2.65 bits per heavy atom. The maximum atomic E-state index is 5.90. The van der Waals surface area contributed by atoms with Gasteiger partial charge in [-0.1, -0.05) is 25.4 Å². The van der Waals surface area contributed by atoms with Gasteiger partial charge < -0.3 is 15.2 Å². The molecule has 0 saturated heterocycles. The summed E-state index contributed by atoms with van der Waals surface area (Å²) in [5.74, 6) is 3.35. The summed E-state index contributed by atoms with van der Waals surface area (Å²) in [7, 11) is 1.78. The topological polar surface area (TPSA) is 54.2 Å². The van der Waals surface area contributed by atoms with Crippen LogP contribution in [0.25, 0.3) is 0 Å². The van der Waals surface area contributed by atoms with E-state index in [1.165, 1.54) is 4.90 Å². The summed E-state index contributed by atoms with van der Waals surface area (Å²) >= 11 is 7.68. The Morgan fingerprint density at radius 2 is 2.00 bits per heavy atom. The molecule has 0 aliphatic rings. The normalized spacial score (nSPS) is 11.3. The standard InChI is InChI=1S/C18H26ClN5S.HI/c1-14(2)13-24-10-8-21-17(24)12-23-18(20-3)22-9-11-25-16-6-4-15(19)5-7-16;/h4-8,10,14H,9,11-13H2,1-3H3,(H2,20,22,23);1H. The largest absolute Gasteiger partial charge is 0.356 e. The molecule has 1 aromatic carbocycles. The number of halogens is 2. The molecule has 8 heteroatoms. The molecule has 0 atom stereocenters. The highest BCUT2D eigenvalue weighted by atomic mass is 127. The Labute approximate surface area is 182 Å². The maximum Gasteiger partial charge on any atom is 0.191 e. The lowest BCUT2D eigenvalue weighted by molar-refractivity contribution is 0.503. The van der Waals surface area contributed by atoms with E-state index in [4.69, 9.17) is 11.6 Å². The maximum absolute atomic E-state index is 5.90. The second-order valence-electron chi connectivity index (χ2n) is 6.04. The van der Waals surface area contributed by atoms with Gasteiger partial charge in [0.1, 0.15) is 5.82 Å². The van der Waals surface area contributed by atoms with Gasteiger partial charge in [0.05, 0.1) is 6.54 Å². The molecule has 144 valence electrons.